The molecule has 3 rings (SSSR count). The molecule has 0 aliphatic carbocycles. The highest BCUT2D eigenvalue weighted by Gasteiger charge is 2.30. The van der Waals surface area contributed by atoms with Crippen molar-refractivity contribution in [2.24, 2.45) is 0 Å². The number of nitrogens with one attached hydrogen (secondary N) is 1. The van der Waals surface area contributed by atoms with Crippen molar-refractivity contribution in [3.8, 4) is 11.6 Å². The first-order chi connectivity index (χ1) is 15.7. The summed E-state index contributed by atoms with van der Waals surface area (Å²) in [5.41, 5.74) is 0.886. The molecule has 1 aromatic heterocycles. The van der Waals surface area contributed by atoms with Crippen LogP contribution in [0.5, 0.6) is 11.6 Å². The first kappa shape index (κ1) is 24.6. The molecule has 0 spiro atoms. The number of alkyl halides is 2. The summed E-state index contributed by atoms with van der Waals surface area (Å²) in [5.74, 6) is -4.12. The van der Waals surface area contributed by atoms with Crippen molar-refractivity contribution in [2.45, 2.75) is 51.6 Å². The summed E-state index contributed by atoms with van der Waals surface area (Å²) in [5, 5.41) is 2.89. The lowest BCUT2D eigenvalue weighted by atomic mass is 10.0. The highest BCUT2D eigenvalue weighted by Crippen LogP contribution is 2.29. The Morgan fingerprint density at radius 1 is 1.30 bits per heavy atom. The molecule has 7 nitrogen and oxygen atoms in total. The summed E-state index contributed by atoms with van der Waals surface area (Å²) in [6, 6.07) is 7.33. The van der Waals surface area contributed by atoms with E-state index in [1.165, 1.54) is 0 Å². The van der Waals surface area contributed by atoms with Crippen LogP contribution in [0.1, 0.15) is 45.1 Å². The molecule has 2 unspecified atom stereocenters. The second-order valence-corrected chi connectivity index (χ2v) is 8.23. The van der Waals surface area contributed by atoms with Gasteiger partial charge in [0.25, 0.3) is 11.8 Å². The largest absolute Gasteiger partial charge is 0.489 e. The van der Waals surface area contributed by atoms with E-state index in [0.717, 1.165) is 18.3 Å². The lowest BCUT2D eigenvalue weighted by Gasteiger charge is -2.20. The van der Waals surface area contributed by atoms with E-state index in [1.54, 1.807) is 4.90 Å². The van der Waals surface area contributed by atoms with Gasteiger partial charge < -0.3 is 19.7 Å². The predicted molar refractivity (Wildman–Crippen MR) is 118 cm³/mol. The van der Waals surface area contributed by atoms with Crippen molar-refractivity contribution in [2.75, 3.05) is 31.1 Å². The molecular weight excluding hydrogens is 437 g/mol. The lowest BCUT2D eigenvalue weighted by Crippen LogP contribution is -2.28. The van der Waals surface area contributed by atoms with Crippen LogP contribution in [0, 0.1) is 5.82 Å². The minimum Gasteiger partial charge on any atom is -0.489 e. The maximum absolute atomic E-state index is 14.7. The minimum atomic E-state index is -3.10. The first-order valence-electron chi connectivity index (χ1n) is 11.0. The summed E-state index contributed by atoms with van der Waals surface area (Å²) in [6.07, 6.45) is 2.39. The third-order valence-corrected chi connectivity index (χ3v) is 5.27. The van der Waals surface area contributed by atoms with E-state index in [-0.39, 0.29) is 23.7 Å². The van der Waals surface area contributed by atoms with Crippen molar-refractivity contribution < 1.29 is 27.4 Å². The molecule has 1 fully saturated rings. The maximum Gasteiger partial charge on any atom is 0.278 e. The van der Waals surface area contributed by atoms with Gasteiger partial charge in [-0.3, -0.25) is 4.79 Å². The molecule has 2 atom stereocenters. The van der Waals surface area contributed by atoms with Gasteiger partial charge in [0.1, 0.15) is 18.2 Å². The molecule has 0 bridgehead atoms. The average molecular weight is 467 g/mol. The summed E-state index contributed by atoms with van der Waals surface area (Å²) in [4.78, 5) is 21.4. The SMILES string of the molecule is CCCNC(=O)C(C)c1ccc(OC2CCN(c3ncnc(OCC(C)(F)F)c3F)C2)cc1. The molecule has 1 amide bonds. The van der Waals surface area contributed by atoms with Gasteiger partial charge in [0.2, 0.25) is 11.7 Å². The fraction of sp³-hybridized carbons (Fsp3) is 0.522. The van der Waals surface area contributed by atoms with Crippen LogP contribution in [0.2, 0.25) is 0 Å². The number of halogens is 3. The van der Waals surface area contributed by atoms with Gasteiger partial charge in [0.15, 0.2) is 12.4 Å². The minimum absolute atomic E-state index is 0.00668. The number of nitrogens with zero attached hydrogens (tertiary/aromatic N) is 3. The molecule has 2 heterocycles. The van der Waals surface area contributed by atoms with Crippen molar-refractivity contribution in [3.05, 3.63) is 42.0 Å². The summed E-state index contributed by atoms with van der Waals surface area (Å²) >= 11 is 0. The number of amides is 1. The van der Waals surface area contributed by atoms with Gasteiger partial charge in [0.05, 0.1) is 12.5 Å². The predicted octanol–water partition coefficient (Wildman–Crippen LogP) is 3.94. The van der Waals surface area contributed by atoms with Crippen LogP contribution in [-0.4, -0.2) is 54.1 Å². The number of carbonyl (C=O) groups is 1. The van der Waals surface area contributed by atoms with E-state index >= 15 is 0 Å². The number of rotatable bonds is 10. The maximum atomic E-state index is 14.7. The second kappa shape index (κ2) is 10.7. The summed E-state index contributed by atoms with van der Waals surface area (Å²) in [7, 11) is 0. The standard InChI is InChI=1S/C23H29F3N4O3/c1-4-10-27-21(31)15(2)16-5-7-17(8-6-16)33-18-9-11-30(12-18)20-19(24)22(29-14-28-20)32-13-23(3,25)26/h5-8,14-15,18H,4,9-13H2,1-3H3,(H,27,31). The van der Waals surface area contributed by atoms with Crippen LogP contribution in [0.3, 0.4) is 0 Å². The molecule has 1 aliphatic rings. The Morgan fingerprint density at radius 2 is 2.03 bits per heavy atom. The zero-order chi connectivity index (χ0) is 24.0. The average Bonchev–Trinajstić information content (AvgIpc) is 3.24. The van der Waals surface area contributed by atoms with Gasteiger partial charge in [-0.25, -0.2) is 13.8 Å². The van der Waals surface area contributed by atoms with E-state index < -0.39 is 24.2 Å². The van der Waals surface area contributed by atoms with E-state index in [9.17, 15) is 18.0 Å². The zero-order valence-electron chi connectivity index (χ0n) is 19.0. The van der Waals surface area contributed by atoms with Crippen molar-refractivity contribution in [1.82, 2.24) is 15.3 Å². The smallest absolute Gasteiger partial charge is 0.278 e. The van der Waals surface area contributed by atoms with Crippen LogP contribution in [-0.2, 0) is 4.79 Å². The second-order valence-electron chi connectivity index (χ2n) is 8.23. The Morgan fingerprint density at radius 3 is 2.70 bits per heavy atom. The van der Waals surface area contributed by atoms with Crippen LogP contribution in [0.15, 0.2) is 30.6 Å². The zero-order valence-corrected chi connectivity index (χ0v) is 19.0. The number of hydrogen-bond acceptors (Lipinski definition) is 6. The number of carbonyl (C=O) groups excluding carboxylic acids is 1. The van der Waals surface area contributed by atoms with Crippen LogP contribution in [0.25, 0.3) is 0 Å². The molecule has 1 aromatic carbocycles. The molecule has 1 N–H and O–H groups in total. The van der Waals surface area contributed by atoms with Gasteiger partial charge >= 0.3 is 0 Å². The van der Waals surface area contributed by atoms with E-state index in [0.29, 0.717) is 38.7 Å². The molecular formula is C23H29F3N4O3. The summed E-state index contributed by atoms with van der Waals surface area (Å²) < 4.78 is 51.6. The van der Waals surface area contributed by atoms with Gasteiger partial charge in [0, 0.05) is 26.4 Å². The topological polar surface area (TPSA) is 76.6 Å². The molecule has 1 aliphatic heterocycles. The Bertz CT molecular complexity index is 938. The molecule has 2 aromatic rings. The van der Waals surface area contributed by atoms with Crippen LogP contribution >= 0.6 is 0 Å². The van der Waals surface area contributed by atoms with Gasteiger partial charge in [-0.15, -0.1) is 0 Å². The Kier molecular flexibility index (Phi) is 7.99. The number of anilines is 1. The third kappa shape index (κ3) is 6.72. The van der Waals surface area contributed by atoms with Crippen molar-refractivity contribution in [1.29, 1.82) is 0 Å². The normalized spacial score (nSPS) is 17.0. The van der Waals surface area contributed by atoms with Crippen molar-refractivity contribution in [3.63, 3.8) is 0 Å². The molecule has 180 valence electrons. The molecule has 1 saturated heterocycles. The first-order valence-corrected chi connectivity index (χ1v) is 11.0. The lowest BCUT2D eigenvalue weighted by molar-refractivity contribution is -0.122. The van der Waals surface area contributed by atoms with Crippen molar-refractivity contribution >= 4 is 11.7 Å². The quantitative estimate of drug-likeness (QED) is 0.572. The fourth-order valence-electron chi connectivity index (χ4n) is 3.46. The highest BCUT2D eigenvalue weighted by atomic mass is 19.3. The van der Waals surface area contributed by atoms with Crippen LogP contribution < -0.4 is 19.7 Å². The number of aromatic nitrogens is 2. The van der Waals surface area contributed by atoms with Gasteiger partial charge in [-0.2, -0.15) is 9.37 Å². The monoisotopic (exact) mass is 466 g/mol. The Labute approximate surface area is 191 Å². The number of hydrogen-bond donors (Lipinski definition) is 1. The molecule has 33 heavy (non-hydrogen) atoms. The molecule has 10 heteroatoms. The Balaban J connectivity index is 1.58. The fourth-order valence-corrected chi connectivity index (χ4v) is 3.46. The van der Waals surface area contributed by atoms with E-state index in [4.69, 9.17) is 9.47 Å². The van der Waals surface area contributed by atoms with E-state index in [2.05, 4.69) is 15.3 Å². The van der Waals surface area contributed by atoms with Gasteiger partial charge in [-0.1, -0.05) is 19.1 Å². The number of benzene rings is 1. The Hall–Kier alpha value is -3.04. The van der Waals surface area contributed by atoms with E-state index in [1.807, 2.05) is 38.1 Å². The molecule has 0 radical (unpaired) electrons. The highest BCUT2D eigenvalue weighted by molar-refractivity contribution is 5.83. The molecule has 0 saturated carbocycles. The van der Waals surface area contributed by atoms with Crippen LogP contribution in [0.4, 0.5) is 19.0 Å². The third-order valence-electron chi connectivity index (χ3n) is 5.27. The number of ether oxygens (including phenoxy) is 2. The van der Waals surface area contributed by atoms with Gasteiger partial charge in [-0.05, 0) is 31.0 Å². The summed E-state index contributed by atoms with van der Waals surface area (Å²) in [6.45, 7) is 5.06.